The molecule has 3 aliphatic rings. The summed E-state index contributed by atoms with van der Waals surface area (Å²) in [6.07, 6.45) is -0.187. The van der Waals surface area contributed by atoms with Crippen molar-refractivity contribution in [3.63, 3.8) is 0 Å². The number of rotatable bonds is 4. The molecule has 1 fully saturated rings. The van der Waals surface area contributed by atoms with Gasteiger partial charge in [0.15, 0.2) is 5.72 Å². The van der Waals surface area contributed by atoms with Crippen molar-refractivity contribution in [2.24, 2.45) is 0 Å². The molecule has 0 spiro atoms. The molecule has 9 nitrogen and oxygen atoms in total. The van der Waals surface area contributed by atoms with Gasteiger partial charge in [0.05, 0.1) is 41.3 Å². The fourth-order valence-electron chi connectivity index (χ4n) is 7.83. The van der Waals surface area contributed by atoms with Crippen LogP contribution in [-0.4, -0.2) is 65.9 Å². The third-order valence-electron chi connectivity index (χ3n) is 9.37. The highest BCUT2D eigenvalue weighted by molar-refractivity contribution is 6.31. The average Bonchev–Trinajstić information content (AvgIpc) is 3.60. The number of methoxy groups -OCH3 is 2. The van der Waals surface area contributed by atoms with E-state index in [1.807, 2.05) is 36.2 Å². The van der Waals surface area contributed by atoms with Gasteiger partial charge in [-0.1, -0.05) is 36.4 Å². The summed E-state index contributed by atoms with van der Waals surface area (Å²) in [6, 6.07) is 16.4. The smallest absolute Gasteiger partial charge is 0.319 e. The van der Waals surface area contributed by atoms with Crippen molar-refractivity contribution in [2.45, 2.75) is 44.0 Å². The number of esters is 1. The van der Waals surface area contributed by atoms with Gasteiger partial charge >= 0.3 is 5.97 Å². The zero-order chi connectivity index (χ0) is 27.5. The highest BCUT2D eigenvalue weighted by atomic mass is 16.6. The number of carbonyl (C=O) groups is 2. The second-order valence-corrected chi connectivity index (χ2v) is 11.3. The summed E-state index contributed by atoms with van der Waals surface area (Å²) in [7, 11) is 5.06. The molecule has 40 heavy (non-hydrogen) atoms. The molecule has 2 aromatic heterocycles. The molecule has 5 aromatic rings. The Morgan fingerprint density at radius 1 is 1.07 bits per heavy atom. The number of benzene rings is 3. The third kappa shape index (κ3) is 2.77. The largest absolute Gasteiger partial charge is 0.468 e. The quantitative estimate of drug-likeness (QED) is 0.345. The molecule has 2 bridgehead atoms. The summed E-state index contributed by atoms with van der Waals surface area (Å²) in [6.45, 7) is 2.71. The van der Waals surface area contributed by atoms with Crippen LogP contribution in [0.1, 0.15) is 35.5 Å². The number of fused-ring (bicyclic) bond motifs is 13. The van der Waals surface area contributed by atoms with Crippen molar-refractivity contribution < 1.29 is 23.8 Å². The summed E-state index contributed by atoms with van der Waals surface area (Å²) in [4.78, 5) is 27.8. The molecule has 1 N–H and O–H groups in total. The summed E-state index contributed by atoms with van der Waals surface area (Å²) >= 11 is 0. The molecular weight excluding hydrogens is 508 g/mol. The van der Waals surface area contributed by atoms with Crippen LogP contribution in [0.25, 0.3) is 43.6 Å². The van der Waals surface area contributed by atoms with Gasteiger partial charge in [-0.05, 0) is 31.7 Å². The molecule has 8 rings (SSSR count). The van der Waals surface area contributed by atoms with Crippen molar-refractivity contribution in [3.05, 3.63) is 59.7 Å². The molecule has 5 heterocycles. The first kappa shape index (κ1) is 23.9. The number of hydrogen-bond acceptors (Lipinski definition) is 6. The summed E-state index contributed by atoms with van der Waals surface area (Å²) in [5, 5.41) is 7.26. The lowest BCUT2D eigenvalue weighted by atomic mass is 9.91. The maximum absolute atomic E-state index is 13.5. The van der Waals surface area contributed by atoms with Gasteiger partial charge in [0.1, 0.15) is 12.3 Å². The second-order valence-electron chi connectivity index (χ2n) is 11.3. The molecular formula is C31H30N4O5. The van der Waals surface area contributed by atoms with Crippen molar-refractivity contribution in [3.8, 4) is 0 Å². The minimum absolute atomic E-state index is 0.0403. The van der Waals surface area contributed by atoms with E-state index in [0.717, 1.165) is 54.7 Å². The lowest BCUT2D eigenvalue weighted by Crippen LogP contribution is -2.61. The molecule has 9 heteroatoms. The van der Waals surface area contributed by atoms with E-state index in [-0.39, 0.29) is 30.7 Å². The topological polar surface area (TPSA) is 87.0 Å². The molecule has 1 saturated heterocycles. The van der Waals surface area contributed by atoms with Crippen LogP contribution in [0.15, 0.2) is 48.5 Å². The Kier molecular flexibility index (Phi) is 4.82. The fourth-order valence-corrected chi connectivity index (χ4v) is 7.83. The standard InChI is InChI=1S/C31H30N4O5/c1-31-29(39-4)21(33(2)15-23(36)38-3)13-22(40-31)34-19-11-7-5-9-16(19)25-26-18(14-32-30(26)37)24-17-10-6-8-12-20(17)35(31)28(24)27(25)34/h5-12,21-22,29H,13-15H2,1-4H3,(H,32,37)/t21-,22-,29-,31+/m0/s1. The van der Waals surface area contributed by atoms with Crippen LogP contribution in [0.2, 0.25) is 0 Å². The minimum Gasteiger partial charge on any atom is -0.468 e. The Morgan fingerprint density at radius 3 is 2.50 bits per heavy atom. The van der Waals surface area contributed by atoms with E-state index in [1.165, 1.54) is 7.11 Å². The van der Waals surface area contributed by atoms with Crippen LogP contribution >= 0.6 is 0 Å². The van der Waals surface area contributed by atoms with Crippen LogP contribution in [-0.2, 0) is 31.3 Å². The molecule has 4 atom stereocenters. The Labute approximate surface area is 230 Å². The predicted molar refractivity (Wildman–Crippen MR) is 151 cm³/mol. The fraction of sp³-hybridized carbons (Fsp3) is 0.355. The van der Waals surface area contributed by atoms with E-state index in [1.54, 1.807) is 7.11 Å². The van der Waals surface area contributed by atoms with Crippen molar-refractivity contribution >= 4 is 55.5 Å². The Balaban J connectivity index is 1.57. The SMILES string of the molecule is COC(=O)CN(C)[C@H]1C[C@@H]2O[C@](C)([C@H]1OC)n1c3ccccc3c3c4c(c5c6ccccc6n2c5c31)C(=O)NC4. The van der Waals surface area contributed by atoms with E-state index in [0.29, 0.717) is 13.0 Å². The Hall–Kier alpha value is -3.92. The van der Waals surface area contributed by atoms with Gasteiger partial charge in [-0.15, -0.1) is 0 Å². The highest BCUT2D eigenvalue weighted by Gasteiger charge is 2.54. The minimum atomic E-state index is -0.925. The monoisotopic (exact) mass is 538 g/mol. The van der Waals surface area contributed by atoms with Crippen molar-refractivity contribution in [2.75, 3.05) is 27.8 Å². The van der Waals surface area contributed by atoms with Crippen molar-refractivity contribution in [1.29, 1.82) is 0 Å². The van der Waals surface area contributed by atoms with E-state index in [4.69, 9.17) is 14.2 Å². The molecule has 0 unspecified atom stereocenters. The number of hydrogen-bond donors (Lipinski definition) is 1. The zero-order valence-corrected chi connectivity index (χ0v) is 22.9. The number of nitrogens with one attached hydrogen (secondary N) is 1. The molecule has 3 aromatic carbocycles. The van der Waals surface area contributed by atoms with E-state index in [9.17, 15) is 9.59 Å². The first-order valence-electron chi connectivity index (χ1n) is 13.7. The van der Waals surface area contributed by atoms with Gasteiger partial charge in [0.25, 0.3) is 5.91 Å². The van der Waals surface area contributed by atoms with Gasteiger partial charge in [-0.2, -0.15) is 0 Å². The number of nitrogens with zero attached hydrogens (tertiary/aromatic N) is 3. The number of amides is 1. The summed E-state index contributed by atoms with van der Waals surface area (Å²) < 4.78 is 23.0. The average molecular weight is 539 g/mol. The lowest BCUT2D eigenvalue weighted by molar-refractivity contribution is -0.267. The predicted octanol–water partition coefficient (Wildman–Crippen LogP) is 4.24. The zero-order valence-electron chi connectivity index (χ0n) is 22.9. The summed E-state index contributed by atoms with van der Waals surface area (Å²) in [5.41, 5.74) is 4.94. The Bertz CT molecular complexity index is 1920. The van der Waals surface area contributed by atoms with Gasteiger partial charge < -0.3 is 28.7 Å². The normalized spacial score (nSPS) is 25.3. The first-order chi connectivity index (χ1) is 19.4. The van der Waals surface area contributed by atoms with Gasteiger partial charge in [0.2, 0.25) is 0 Å². The summed E-state index contributed by atoms with van der Waals surface area (Å²) in [5.74, 6) is -0.341. The van der Waals surface area contributed by atoms with E-state index >= 15 is 0 Å². The van der Waals surface area contributed by atoms with Crippen LogP contribution in [0.4, 0.5) is 0 Å². The van der Waals surface area contributed by atoms with Crippen molar-refractivity contribution in [1.82, 2.24) is 19.4 Å². The number of aromatic nitrogens is 2. The first-order valence-corrected chi connectivity index (χ1v) is 13.7. The maximum atomic E-state index is 13.5. The highest BCUT2D eigenvalue weighted by Crippen LogP contribution is 2.54. The van der Waals surface area contributed by atoms with Gasteiger partial charge in [-0.3, -0.25) is 14.5 Å². The van der Waals surface area contributed by atoms with Gasteiger partial charge in [-0.25, -0.2) is 0 Å². The molecule has 0 aliphatic carbocycles. The van der Waals surface area contributed by atoms with E-state index in [2.05, 4.69) is 45.6 Å². The lowest BCUT2D eigenvalue weighted by Gasteiger charge is -2.50. The number of likely N-dealkylation sites (N-methyl/N-ethyl adjacent to an activating group) is 1. The molecule has 3 aliphatic heterocycles. The number of para-hydroxylation sites is 2. The molecule has 0 saturated carbocycles. The molecule has 0 radical (unpaired) electrons. The number of ether oxygens (including phenoxy) is 3. The van der Waals surface area contributed by atoms with Crippen LogP contribution in [0.3, 0.4) is 0 Å². The molecule has 1 amide bonds. The second kappa shape index (κ2) is 8.06. The third-order valence-corrected chi connectivity index (χ3v) is 9.37. The molecule has 204 valence electrons. The number of carbonyl (C=O) groups excluding carboxylic acids is 2. The van der Waals surface area contributed by atoms with Crippen LogP contribution in [0, 0.1) is 0 Å². The van der Waals surface area contributed by atoms with Crippen LogP contribution in [0.5, 0.6) is 0 Å². The van der Waals surface area contributed by atoms with E-state index < -0.39 is 11.8 Å². The van der Waals surface area contributed by atoms with Crippen LogP contribution < -0.4 is 5.32 Å². The maximum Gasteiger partial charge on any atom is 0.319 e. The Morgan fingerprint density at radius 2 is 1.77 bits per heavy atom. The van der Waals surface area contributed by atoms with Gasteiger partial charge in [0, 0.05) is 47.7 Å².